The number of carboxylic acids is 1. The summed E-state index contributed by atoms with van der Waals surface area (Å²) in [5, 5.41) is 19.0. The number of amides is 1. The maximum atomic E-state index is 12.0. The van der Waals surface area contributed by atoms with Crippen molar-refractivity contribution in [3.63, 3.8) is 0 Å². The first kappa shape index (κ1) is 17.7. The summed E-state index contributed by atoms with van der Waals surface area (Å²) in [5.41, 5.74) is 2.77. The second-order valence-electron chi connectivity index (χ2n) is 5.56. The lowest BCUT2D eigenvalue weighted by atomic mass is 10.1. The van der Waals surface area contributed by atoms with Crippen LogP contribution in [0, 0.1) is 6.92 Å². The number of aromatic amines is 1. The van der Waals surface area contributed by atoms with Crippen molar-refractivity contribution < 1.29 is 14.7 Å². The first-order valence-electron chi connectivity index (χ1n) is 7.77. The number of hydrogen-bond donors (Lipinski definition) is 3. The van der Waals surface area contributed by atoms with Crippen LogP contribution in [0.25, 0.3) is 11.4 Å². The molecule has 0 atom stereocenters. The van der Waals surface area contributed by atoms with Gasteiger partial charge >= 0.3 is 5.97 Å². The van der Waals surface area contributed by atoms with Gasteiger partial charge in [-0.3, -0.25) is 9.89 Å². The van der Waals surface area contributed by atoms with Crippen LogP contribution in [0.3, 0.4) is 0 Å². The molecule has 7 nitrogen and oxygen atoms in total. The predicted molar refractivity (Wildman–Crippen MR) is 99.3 cm³/mol. The molecule has 1 heterocycles. The van der Waals surface area contributed by atoms with Crippen LogP contribution >= 0.6 is 11.8 Å². The Kier molecular flexibility index (Phi) is 5.33. The lowest BCUT2D eigenvalue weighted by Crippen LogP contribution is -2.14. The second-order valence-corrected chi connectivity index (χ2v) is 6.50. The highest BCUT2D eigenvalue weighted by atomic mass is 32.2. The third-order valence-corrected chi connectivity index (χ3v) is 4.35. The third kappa shape index (κ3) is 4.48. The Bertz CT molecular complexity index is 938. The van der Waals surface area contributed by atoms with Crippen LogP contribution in [-0.4, -0.2) is 37.9 Å². The largest absolute Gasteiger partial charge is 0.478 e. The Morgan fingerprint density at radius 1 is 1.19 bits per heavy atom. The molecule has 0 radical (unpaired) electrons. The van der Waals surface area contributed by atoms with E-state index in [0.717, 1.165) is 11.1 Å². The van der Waals surface area contributed by atoms with Gasteiger partial charge in [0.2, 0.25) is 11.1 Å². The van der Waals surface area contributed by atoms with E-state index in [-0.39, 0.29) is 17.2 Å². The Hall–Kier alpha value is -3.13. The number of nitrogens with zero attached hydrogens (tertiary/aromatic N) is 2. The van der Waals surface area contributed by atoms with Gasteiger partial charge in [-0.2, -0.15) is 0 Å². The fraction of sp³-hybridized carbons (Fsp3) is 0.111. The monoisotopic (exact) mass is 368 g/mol. The summed E-state index contributed by atoms with van der Waals surface area (Å²) in [6, 6.07) is 13.9. The predicted octanol–water partition coefficient (Wildman–Crippen LogP) is 3.21. The number of carbonyl (C=O) groups is 2. The Balaban J connectivity index is 1.55. The quantitative estimate of drug-likeness (QED) is 0.577. The number of thioether (sulfide) groups is 1. The maximum Gasteiger partial charge on any atom is 0.335 e. The zero-order valence-corrected chi connectivity index (χ0v) is 14.7. The lowest BCUT2D eigenvalue weighted by Gasteiger charge is -2.04. The highest BCUT2D eigenvalue weighted by Crippen LogP contribution is 2.20. The van der Waals surface area contributed by atoms with Crippen LogP contribution in [0.15, 0.2) is 53.7 Å². The number of H-pyrrole nitrogens is 1. The van der Waals surface area contributed by atoms with Crippen molar-refractivity contribution in [1.29, 1.82) is 0 Å². The van der Waals surface area contributed by atoms with Gasteiger partial charge in [0.1, 0.15) is 0 Å². The van der Waals surface area contributed by atoms with E-state index >= 15 is 0 Å². The maximum absolute atomic E-state index is 12.0. The van der Waals surface area contributed by atoms with Crippen LogP contribution in [0.5, 0.6) is 0 Å². The summed E-state index contributed by atoms with van der Waals surface area (Å²) in [4.78, 5) is 27.2. The average Bonchev–Trinajstić information content (AvgIpc) is 3.09. The van der Waals surface area contributed by atoms with Crippen molar-refractivity contribution >= 4 is 29.3 Å². The SMILES string of the molecule is Cc1cccc(-c2nc(SCC(=O)Nc3ccc(C(=O)O)cc3)n[nH]2)c1. The smallest absolute Gasteiger partial charge is 0.335 e. The van der Waals surface area contributed by atoms with E-state index in [9.17, 15) is 9.59 Å². The van der Waals surface area contributed by atoms with E-state index in [1.54, 1.807) is 12.1 Å². The molecule has 0 bridgehead atoms. The minimum Gasteiger partial charge on any atom is -0.478 e. The Morgan fingerprint density at radius 3 is 2.65 bits per heavy atom. The summed E-state index contributed by atoms with van der Waals surface area (Å²) < 4.78 is 0. The van der Waals surface area contributed by atoms with E-state index in [2.05, 4.69) is 20.5 Å². The second kappa shape index (κ2) is 7.83. The highest BCUT2D eigenvalue weighted by molar-refractivity contribution is 7.99. The van der Waals surface area contributed by atoms with Crippen molar-refractivity contribution in [3.8, 4) is 11.4 Å². The summed E-state index contributed by atoms with van der Waals surface area (Å²) in [6.07, 6.45) is 0. The average molecular weight is 368 g/mol. The molecule has 0 saturated heterocycles. The van der Waals surface area contributed by atoms with Gasteiger partial charge in [-0.1, -0.05) is 35.5 Å². The Labute approximate surface area is 153 Å². The number of carbonyl (C=O) groups excluding carboxylic acids is 1. The van der Waals surface area contributed by atoms with Crippen LogP contribution in [0.1, 0.15) is 15.9 Å². The first-order valence-corrected chi connectivity index (χ1v) is 8.75. The number of benzene rings is 2. The van der Waals surface area contributed by atoms with Gasteiger partial charge in [0.15, 0.2) is 5.82 Å². The molecule has 2 aromatic carbocycles. The van der Waals surface area contributed by atoms with Gasteiger partial charge in [0.25, 0.3) is 0 Å². The fourth-order valence-electron chi connectivity index (χ4n) is 2.26. The molecular weight excluding hydrogens is 352 g/mol. The van der Waals surface area contributed by atoms with Crippen molar-refractivity contribution in [2.75, 3.05) is 11.1 Å². The molecule has 26 heavy (non-hydrogen) atoms. The zero-order valence-electron chi connectivity index (χ0n) is 13.9. The van der Waals surface area contributed by atoms with Crippen molar-refractivity contribution in [1.82, 2.24) is 15.2 Å². The Morgan fingerprint density at radius 2 is 1.96 bits per heavy atom. The van der Waals surface area contributed by atoms with Crippen molar-refractivity contribution in [2.45, 2.75) is 12.1 Å². The van der Waals surface area contributed by atoms with Gasteiger partial charge < -0.3 is 10.4 Å². The molecule has 3 rings (SSSR count). The van der Waals surface area contributed by atoms with E-state index in [1.807, 2.05) is 31.2 Å². The summed E-state index contributed by atoms with van der Waals surface area (Å²) in [6.45, 7) is 2.00. The minimum absolute atomic E-state index is 0.145. The van der Waals surface area contributed by atoms with Gasteiger partial charge in [-0.25, -0.2) is 9.78 Å². The van der Waals surface area contributed by atoms with Gasteiger partial charge in [0.05, 0.1) is 11.3 Å². The molecule has 1 aromatic heterocycles. The molecule has 3 aromatic rings. The van der Waals surface area contributed by atoms with E-state index in [0.29, 0.717) is 16.7 Å². The van der Waals surface area contributed by atoms with Gasteiger partial charge in [0, 0.05) is 11.3 Å². The summed E-state index contributed by atoms with van der Waals surface area (Å²) in [7, 11) is 0. The van der Waals surface area contributed by atoms with Crippen molar-refractivity contribution in [3.05, 3.63) is 59.7 Å². The molecule has 0 spiro atoms. The van der Waals surface area contributed by atoms with Crippen molar-refractivity contribution in [2.24, 2.45) is 0 Å². The summed E-state index contributed by atoms with van der Waals surface area (Å²) >= 11 is 1.22. The molecule has 132 valence electrons. The third-order valence-electron chi connectivity index (χ3n) is 3.50. The van der Waals surface area contributed by atoms with Crippen LogP contribution < -0.4 is 5.32 Å². The standard InChI is InChI=1S/C18H16N4O3S/c1-11-3-2-4-13(9-11)16-20-18(22-21-16)26-10-15(23)19-14-7-5-12(6-8-14)17(24)25/h2-9H,10H2,1H3,(H,19,23)(H,24,25)(H,20,21,22). The molecule has 8 heteroatoms. The van der Waals surface area contributed by atoms with Gasteiger partial charge in [-0.15, -0.1) is 5.10 Å². The lowest BCUT2D eigenvalue weighted by molar-refractivity contribution is -0.113. The zero-order chi connectivity index (χ0) is 18.5. The molecular formula is C18H16N4O3S. The molecule has 0 aliphatic rings. The number of carboxylic acid groups (broad SMARTS) is 1. The van der Waals surface area contributed by atoms with E-state index in [4.69, 9.17) is 5.11 Å². The number of hydrogen-bond acceptors (Lipinski definition) is 5. The highest BCUT2D eigenvalue weighted by Gasteiger charge is 2.10. The molecule has 0 saturated carbocycles. The molecule has 0 aliphatic heterocycles. The van der Waals surface area contributed by atoms with Crippen LogP contribution in [0.4, 0.5) is 5.69 Å². The molecule has 1 amide bonds. The summed E-state index contributed by atoms with van der Waals surface area (Å²) in [5.74, 6) is -0.431. The minimum atomic E-state index is -1.01. The molecule has 0 unspecified atom stereocenters. The number of aromatic carboxylic acids is 1. The van der Waals surface area contributed by atoms with E-state index in [1.165, 1.54) is 23.9 Å². The normalized spacial score (nSPS) is 10.5. The number of aryl methyl sites for hydroxylation is 1. The van der Waals surface area contributed by atoms with Crippen LogP contribution in [-0.2, 0) is 4.79 Å². The number of aromatic nitrogens is 3. The topological polar surface area (TPSA) is 108 Å². The van der Waals surface area contributed by atoms with E-state index < -0.39 is 5.97 Å². The number of rotatable bonds is 6. The fourth-order valence-corrected chi connectivity index (χ4v) is 2.85. The molecule has 0 aliphatic carbocycles. The van der Waals surface area contributed by atoms with Gasteiger partial charge in [-0.05, 0) is 37.3 Å². The number of nitrogens with one attached hydrogen (secondary N) is 2. The number of anilines is 1. The molecule has 0 fully saturated rings. The molecule has 3 N–H and O–H groups in total. The van der Waals surface area contributed by atoms with Crippen LogP contribution in [0.2, 0.25) is 0 Å². The first-order chi connectivity index (χ1) is 12.5.